The number of hydrogen-bond donors (Lipinski definition) is 6. The minimum atomic E-state index is -1.41. The second-order valence-corrected chi connectivity index (χ2v) is 20.7. The Hall–Kier alpha value is -3.30. The number of hydrogen-bond acceptors (Lipinski definition) is 6. The van der Waals surface area contributed by atoms with Gasteiger partial charge >= 0.3 is 11.9 Å². The van der Waals surface area contributed by atoms with Gasteiger partial charge in [-0.3, -0.25) is 0 Å². The number of benzene rings is 2. The highest BCUT2D eigenvalue weighted by molar-refractivity contribution is 5.74. The molecule has 0 bridgehead atoms. The Morgan fingerprint density at radius 1 is 0.426 bits per heavy atom. The van der Waals surface area contributed by atoms with E-state index in [4.69, 9.17) is 30.6 Å². The molecule has 6 aliphatic rings. The molecule has 6 N–H and O–H groups in total. The van der Waals surface area contributed by atoms with Gasteiger partial charge in [0.2, 0.25) is 0 Å². The van der Waals surface area contributed by atoms with Gasteiger partial charge in [0, 0.05) is 0 Å². The van der Waals surface area contributed by atoms with E-state index in [-0.39, 0.29) is 13.2 Å². The molecule has 8 rings (SSSR count). The topological polar surface area (TPSA) is 156 Å². The predicted molar refractivity (Wildman–Crippen MR) is 283 cm³/mol. The third-order valence-corrected chi connectivity index (χ3v) is 14.9. The van der Waals surface area contributed by atoms with Crippen molar-refractivity contribution in [2.75, 3.05) is 13.2 Å². The summed E-state index contributed by atoms with van der Waals surface area (Å²) in [6, 6.07) is 16.5. The van der Waals surface area contributed by atoms with Crippen LogP contribution in [0.25, 0.3) is 0 Å². The molecule has 6 fully saturated rings. The van der Waals surface area contributed by atoms with E-state index >= 15 is 0 Å². The van der Waals surface area contributed by atoms with E-state index in [1.165, 1.54) is 103 Å². The Morgan fingerprint density at radius 2 is 0.632 bits per heavy atom. The lowest BCUT2D eigenvalue weighted by atomic mass is 9.71. The van der Waals surface area contributed by atoms with Gasteiger partial charge < -0.3 is 30.6 Å². The van der Waals surface area contributed by atoms with Gasteiger partial charge in [-0.25, -0.2) is 9.59 Å². The molecule has 0 saturated heterocycles. The lowest BCUT2D eigenvalue weighted by Gasteiger charge is -2.35. The van der Waals surface area contributed by atoms with Gasteiger partial charge in [-0.2, -0.15) is 0 Å². The Kier molecular flexibility index (Phi) is 37.3. The first-order valence-corrected chi connectivity index (χ1v) is 27.1. The van der Waals surface area contributed by atoms with Crippen LogP contribution in [-0.4, -0.2) is 55.8 Å². The van der Waals surface area contributed by atoms with Crippen LogP contribution in [0.2, 0.25) is 0 Å². The third-order valence-electron chi connectivity index (χ3n) is 14.9. The molecule has 388 valence electrons. The molecule has 0 aromatic heterocycles. The van der Waals surface area contributed by atoms with E-state index in [1.54, 1.807) is 136 Å². The first kappa shape index (κ1) is 62.7. The molecule has 0 aliphatic heterocycles. The van der Waals surface area contributed by atoms with Gasteiger partial charge in [-0.15, -0.1) is 0 Å². The van der Waals surface area contributed by atoms with Crippen LogP contribution in [0, 0.1) is 47.3 Å². The first-order valence-electron chi connectivity index (χ1n) is 27.1. The maximum Gasteiger partial charge on any atom is 0.337 e. The molecule has 0 heterocycles. The van der Waals surface area contributed by atoms with Crippen molar-refractivity contribution in [1.82, 2.24) is 0 Å². The number of carbonyl (C=O) groups is 2. The van der Waals surface area contributed by atoms with Crippen molar-refractivity contribution in [2.45, 2.75) is 208 Å². The third kappa shape index (κ3) is 30.3. The van der Waals surface area contributed by atoms with E-state index < -0.39 is 24.1 Å². The van der Waals surface area contributed by atoms with Crippen LogP contribution in [0.15, 0.2) is 85.0 Å². The molecule has 2 atom stereocenters. The fraction of sp³-hybridized carbons (Fsp3) is 0.700. The monoisotopic (exact) mass is 949 g/mol. The van der Waals surface area contributed by atoms with Gasteiger partial charge in [-0.1, -0.05) is 267 Å². The molecule has 0 unspecified atom stereocenters. The van der Waals surface area contributed by atoms with Gasteiger partial charge in [0.05, 0.1) is 13.2 Å². The molecule has 68 heavy (non-hydrogen) atoms. The molecular weight excluding hydrogens is 849 g/mol. The van der Waals surface area contributed by atoms with E-state index in [0.717, 1.165) is 47.3 Å². The van der Waals surface area contributed by atoms with Crippen LogP contribution in [-0.2, 0) is 9.59 Å². The molecule has 6 saturated carbocycles. The molecule has 2 aromatic carbocycles. The van der Waals surface area contributed by atoms with Crippen LogP contribution in [0.5, 0.6) is 0 Å². The molecule has 0 spiro atoms. The Labute approximate surface area is 415 Å². The molecule has 0 radical (unpaired) electrons. The average molecular weight is 949 g/mol. The summed E-state index contributed by atoms with van der Waals surface area (Å²) >= 11 is 0. The number of aliphatic hydroxyl groups is 4. The summed E-state index contributed by atoms with van der Waals surface area (Å²) in [4.78, 5) is 20.5. The number of aliphatic carboxylic acids is 2. The quantitative estimate of drug-likeness (QED) is 0.156. The van der Waals surface area contributed by atoms with Gasteiger partial charge in [0.1, 0.15) is 0 Å². The van der Waals surface area contributed by atoms with Gasteiger partial charge in [-0.05, 0) is 72.3 Å². The molecule has 0 amide bonds. The van der Waals surface area contributed by atoms with Crippen LogP contribution in [0.4, 0.5) is 0 Å². The van der Waals surface area contributed by atoms with E-state index in [2.05, 4.69) is 27.7 Å². The van der Waals surface area contributed by atoms with E-state index in [1.807, 2.05) is 13.8 Å². The summed E-state index contributed by atoms with van der Waals surface area (Å²) in [6.07, 6.45) is 40.7. The SMILES string of the molecule is C/C=C/CO.C/C=C\CO.C1CCC2CCCCC2C1.C1CCC2CCCCC2C1.CC1CCC(C)CC1.CC1CCC(C)CC1.O=C(O)[C@@H](O)c1ccccc1.O=C(O)[C@H](O)c1ccccc1. The number of carboxylic acid groups (broad SMARTS) is 2. The number of rotatable bonds is 6. The van der Waals surface area contributed by atoms with Gasteiger partial charge in [0.15, 0.2) is 12.2 Å². The number of fused-ring (bicyclic) bond motifs is 2. The second kappa shape index (κ2) is 40.4. The number of carboxylic acids is 2. The molecule has 8 nitrogen and oxygen atoms in total. The smallest absolute Gasteiger partial charge is 0.337 e. The van der Waals surface area contributed by atoms with Crippen molar-refractivity contribution >= 4 is 11.9 Å². The maximum absolute atomic E-state index is 10.2. The predicted octanol–water partition coefficient (Wildman–Crippen LogP) is 15.1. The zero-order valence-corrected chi connectivity index (χ0v) is 43.7. The zero-order valence-electron chi connectivity index (χ0n) is 43.7. The number of aliphatic hydroxyl groups excluding tert-OH is 4. The fourth-order valence-corrected chi connectivity index (χ4v) is 10.3. The van der Waals surface area contributed by atoms with Crippen LogP contribution in [0.3, 0.4) is 0 Å². The molecule has 6 aliphatic carbocycles. The van der Waals surface area contributed by atoms with Crippen LogP contribution in [0.1, 0.15) is 219 Å². The van der Waals surface area contributed by atoms with Crippen LogP contribution >= 0.6 is 0 Å². The fourth-order valence-electron chi connectivity index (χ4n) is 10.3. The van der Waals surface area contributed by atoms with Crippen molar-refractivity contribution in [1.29, 1.82) is 0 Å². The second-order valence-electron chi connectivity index (χ2n) is 20.7. The highest BCUT2D eigenvalue weighted by Crippen LogP contribution is 2.41. The standard InChI is InChI=1S/2C10H18.2C8H8O3.2C8H16.2C4H8O/c2*1-2-6-10-8-4-3-7-9(10)5-1;2*9-7(8(10)11)6-4-2-1-3-5-6;2*1-7-3-5-8(2)6-4-7;2*1-2-3-4-5/h2*9-10H,1-8H2;2*1-5,7,9H,(H,10,11);2*7-8H,3-6H2,1-2H3;2*2-3,5H,4H2,1H3/b;;;;;;3-2+;3-2-/t;;2*7-;;;;/m..10..../s1. The Bertz CT molecular complexity index is 1340. The van der Waals surface area contributed by atoms with Crippen molar-refractivity contribution in [3.8, 4) is 0 Å². The van der Waals surface area contributed by atoms with E-state index in [9.17, 15) is 9.59 Å². The maximum atomic E-state index is 10.2. The largest absolute Gasteiger partial charge is 0.479 e. The Balaban J connectivity index is 0.000000394. The van der Waals surface area contributed by atoms with Crippen LogP contribution < -0.4 is 0 Å². The zero-order chi connectivity index (χ0) is 50.4. The summed E-state index contributed by atoms with van der Waals surface area (Å²) in [5.74, 6) is 6.25. The lowest BCUT2D eigenvalue weighted by molar-refractivity contribution is -0.147. The van der Waals surface area contributed by atoms with Crippen molar-refractivity contribution in [3.05, 3.63) is 96.1 Å². The first-order chi connectivity index (χ1) is 32.8. The van der Waals surface area contributed by atoms with Crippen molar-refractivity contribution < 1.29 is 40.2 Å². The lowest BCUT2D eigenvalue weighted by Crippen LogP contribution is -2.22. The molecular formula is C60H100O8. The normalized spacial score (nSPS) is 26.9. The summed E-state index contributed by atoms with van der Waals surface area (Å²) in [7, 11) is 0. The van der Waals surface area contributed by atoms with Crippen molar-refractivity contribution in [2.24, 2.45) is 47.3 Å². The summed E-state index contributed by atoms with van der Waals surface area (Å²) in [6.45, 7) is 13.5. The average Bonchev–Trinajstić information content (AvgIpc) is 3.37. The summed E-state index contributed by atoms with van der Waals surface area (Å²) in [5.41, 5.74) is 0.806. The minimum absolute atomic E-state index is 0.163. The summed E-state index contributed by atoms with van der Waals surface area (Å²) < 4.78 is 0. The minimum Gasteiger partial charge on any atom is -0.479 e. The Morgan fingerprint density at radius 3 is 0.779 bits per heavy atom. The summed E-state index contributed by atoms with van der Waals surface area (Å²) in [5, 5.41) is 50.7. The highest BCUT2D eigenvalue weighted by Gasteiger charge is 2.28. The van der Waals surface area contributed by atoms with Gasteiger partial charge in [0.25, 0.3) is 0 Å². The molecule has 8 heteroatoms. The van der Waals surface area contributed by atoms with Crippen molar-refractivity contribution in [3.63, 3.8) is 0 Å². The number of allylic oxidation sites excluding steroid dienone is 2. The highest BCUT2D eigenvalue weighted by atomic mass is 16.4. The van der Waals surface area contributed by atoms with E-state index in [0.29, 0.717) is 11.1 Å². The molecule has 2 aromatic rings.